The summed E-state index contributed by atoms with van der Waals surface area (Å²) in [6, 6.07) is 3.09. The molecule has 1 fully saturated rings. The molecule has 3 nitrogen and oxygen atoms in total. The van der Waals surface area contributed by atoms with Crippen LogP contribution in [0.2, 0.25) is 0 Å². The average molecular weight is 239 g/mol. The highest BCUT2D eigenvalue weighted by Crippen LogP contribution is 2.31. The largest absolute Gasteiger partial charge is 0.296 e. The fourth-order valence-electron chi connectivity index (χ4n) is 2.06. The Balaban J connectivity index is 2.37. The SMILES string of the molecule is CC1C(=O)NC(=O)CC1c1cc(F)cc(F)c1. The third-order valence-electron chi connectivity index (χ3n) is 3.00. The van der Waals surface area contributed by atoms with Crippen LogP contribution in [0.1, 0.15) is 24.8 Å². The summed E-state index contributed by atoms with van der Waals surface area (Å²) in [5, 5.41) is 2.19. The van der Waals surface area contributed by atoms with E-state index in [9.17, 15) is 18.4 Å². The molecule has 1 N–H and O–H groups in total. The molecule has 1 saturated heterocycles. The summed E-state index contributed by atoms with van der Waals surface area (Å²) in [6.07, 6.45) is 0.0653. The Kier molecular flexibility index (Phi) is 2.92. The minimum Gasteiger partial charge on any atom is -0.296 e. The number of amides is 2. The van der Waals surface area contributed by atoms with E-state index in [0.717, 1.165) is 18.2 Å². The molecule has 0 saturated carbocycles. The van der Waals surface area contributed by atoms with Crippen molar-refractivity contribution in [2.75, 3.05) is 0 Å². The highest BCUT2D eigenvalue weighted by atomic mass is 19.1. The molecule has 2 amide bonds. The van der Waals surface area contributed by atoms with Crippen LogP contribution in [0.4, 0.5) is 8.78 Å². The van der Waals surface area contributed by atoms with Gasteiger partial charge in [-0.05, 0) is 17.7 Å². The third-order valence-corrected chi connectivity index (χ3v) is 3.00. The zero-order valence-corrected chi connectivity index (χ0v) is 9.17. The van der Waals surface area contributed by atoms with Crippen molar-refractivity contribution in [2.24, 2.45) is 5.92 Å². The van der Waals surface area contributed by atoms with Crippen molar-refractivity contribution >= 4 is 11.8 Å². The number of imide groups is 1. The number of piperidine rings is 1. The quantitative estimate of drug-likeness (QED) is 0.758. The van der Waals surface area contributed by atoms with Gasteiger partial charge in [0.15, 0.2) is 0 Å². The number of hydrogen-bond donors (Lipinski definition) is 1. The van der Waals surface area contributed by atoms with E-state index in [2.05, 4.69) is 5.32 Å². The lowest BCUT2D eigenvalue weighted by Crippen LogP contribution is -2.43. The van der Waals surface area contributed by atoms with Gasteiger partial charge in [0.05, 0.1) is 0 Å². The van der Waals surface area contributed by atoms with Gasteiger partial charge in [-0.3, -0.25) is 14.9 Å². The second-order valence-electron chi connectivity index (χ2n) is 4.21. The molecular weight excluding hydrogens is 228 g/mol. The molecule has 0 radical (unpaired) electrons. The first-order valence-corrected chi connectivity index (χ1v) is 5.27. The Morgan fingerprint density at radius 1 is 1.18 bits per heavy atom. The summed E-state index contributed by atoms with van der Waals surface area (Å²) in [5.74, 6) is -3.18. The Morgan fingerprint density at radius 3 is 2.35 bits per heavy atom. The van der Waals surface area contributed by atoms with Gasteiger partial charge in [0, 0.05) is 24.3 Å². The smallest absolute Gasteiger partial charge is 0.230 e. The molecule has 2 atom stereocenters. The van der Waals surface area contributed by atoms with Gasteiger partial charge in [0.25, 0.3) is 0 Å². The highest BCUT2D eigenvalue weighted by molar-refractivity contribution is 5.99. The summed E-state index contributed by atoms with van der Waals surface area (Å²) in [4.78, 5) is 22.7. The maximum absolute atomic E-state index is 13.1. The summed E-state index contributed by atoms with van der Waals surface area (Å²) in [5.41, 5.74) is 0.346. The Bertz CT molecular complexity index is 467. The van der Waals surface area contributed by atoms with Crippen molar-refractivity contribution in [3.63, 3.8) is 0 Å². The number of nitrogens with one attached hydrogen (secondary N) is 1. The first-order valence-electron chi connectivity index (χ1n) is 5.27. The first kappa shape index (κ1) is 11.7. The predicted octanol–water partition coefficient (Wildman–Crippen LogP) is 1.73. The van der Waals surface area contributed by atoms with Crippen molar-refractivity contribution in [3.8, 4) is 0 Å². The fourth-order valence-corrected chi connectivity index (χ4v) is 2.06. The number of halogens is 2. The molecule has 0 spiro atoms. The van der Waals surface area contributed by atoms with E-state index < -0.39 is 35.3 Å². The van der Waals surface area contributed by atoms with Gasteiger partial charge in [-0.2, -0.15) is 0 Å². The van der Waals surface area contributed by atoms with E-state index in [1.165, 1.54) is 0 Å². The normalized spacial score (nSPS) is 24.6. The molecule has 0 aromatic heterocycles. The zero-order valence-electron chi connectivity index (χ0n) is 9.17. The molecule has 90 valence electrons. The van der Waals surface area contributed by atoms with Crippen LogP contribution >= 0.6 is 0 Å². The van der Waals surface area contributed by atoms with E-state index in [4.69, 9.17) is 0 Å². The Labute approximate surface area is 96.8 Å². The zero-order chi connectivity index (χ0) is 12.6. The first-order chi connectivity index (χ1) is 7.97. The lowest BCUT2D eigenvalue weighted by molar-refractivity contribution is -0.136. The van der Waals surface area contributed by atoms with Crippen LogP contribution in [-0.2, 0) is 9.59 Å². The van der Waals surface area contributed by atoms with E-state index in [0.29, 0.717) is 5.56 Å². The molecule has 0 bridgehead atoms. The van der Waals surface area contributed by atoms with Gasteiger partial charge in [-0.1, -0.05) is 6.92 Å². The van der Waals surface area contributed by atoms with Crippen molar-refractivity contribution in [3.05, 3.63) is 35.4 Å². The molecule has 1 aromatic rings. The van der Waals surface area contributed by atoms with E-state index in [1.807, 2.05) is 0 Å². The second kappa shape index (κ2) is 4.24. The van der Waals surface area contributed by atoms with E-state index >= 15 is 0 Å². The average Bonchev–Trinajstić information content (AvgIpc) is 2.22. The molecule has 0 aliphatic carbocycles. The number of carbonyl (C=O) groups excluding carboxylic acids is 2. The molecule has 1 aliphatic heterocycles. The number of benzene rings is 1. The van der Waals surface area contributed by atoms with Crippen LogP contribution in [0.15, 0.2) is 18.2 Å². The minimum atomic E-state index is -0.703. The number of rotatable bonds is 1. The lowest BCUT2D eigenvalue weighted by Gasteiger charge is -2.27. The lowest BCUT2D eigenvalue weighted by atomic mass is 9.81. The van der Waals surface area contributed by atoms with Crippen LogP contribution in [0, 0.1) is 17.6 Å². The predicted molar refractivity (Wildman–Crippen MR) is 56.0 cm³/mol. The topological polar surface area (TPSA) is 46.2 Å². The van der Waals surface area contributed by atoms with Gasteiger partial charge in [0.2, 0.25) is 11.8 Å². The van der Waals surface area contributed by atoms with Crippen LogP contribution in [-0.4, -0.2) is 11.8 Å². The standard InChI is InChI=1S/C12H11F2NO2/c1-6-10(5-11(16)15-12(6)17)7-2-8(13)4-9(14)3-7/h2-4,6,10H,5H2,1H3,(H,15,16,17). The van der Waals surface area contributed by atoms with Crippen molar-refractivity contribution in [2.45, 2.75) is 19.3 Å². The van der Waals surface area contributed by atoms with Crippen LogP contribution in [0.25, 0.3) is 0 Å². The maximum Gasteiger partial charge on any atom is 0.230 e. The van der Waals surface area contributed by atoms with E-state index in [-0.39, 0.29) is 6.42 Å². The third kappa shape index (κ3) is 2.33. The van der Waals surface area contributed by atoms with Crippen LogP contribution < -0.4 is 5.32 Å². The molecular formula is C12H11F2NO2. The molecule has 2 rings (SSSR count). The summed E-state index contributed by atoms with van der Waals surface area (Å²) in [6.45, 7) is 1.63. The minimum absolute atomic E-state index is 0.0653. The van der Waals surface area contributed by atoms with E-state index in [1.54, 1.807) is 6.92 Å². The highest BCUT2D eigenvalue weighted by Gasteiger charge is 2.33. The molecule has 1 aromatic carbocycles. The van der Waals surface area contributed by atoms with Gasteiger partial charge < -0.3 is 0 Å². The Hall–Kier alpha value is -1.78. The summed E-state index contributed by atoms with van der Waals surface area (Å²) >= 11 is 0. The monoisotopic (exact) mass is 239 g/mol. The van der Waals surface area contributed by atoms with Crippen molar-refractivity contribution in [1.29, 1.82) is 0 Å². The molecule has 5 heteroatoms. The number of hydrogen-bond acceptors (Lipinski definition) is 2. The molecule has 1 aliphatic rings. The van der Waals surface area contributed by atoms with Crippen LogP contribution in [0.5, 0.6) is 0 Å². The molecule has 2 unspecified atom stereocenters. The Morgan fingerprint density at radius 2 is 1.76 bits per heavy atom. The summed E-state index contributed by atoms with van der Waals surface area (Å²) in [7, 11) is 0. The molecule has 1 heterocycles. The maximum atomic E-state index is 13.1. The summed E-state index contributed by atoms with van der Waals surface area (Å²) < 4.78 is 26.2. The van der Waals surface area contributed by atoms with Crippen molar-refractivity contribution in [1.82, 2.24) is 5.32 Å². The van der Waals surface area contributed by atoms with Gasteiger partial charge in [0.1, 0.15) is 11.6 Å². The van der Waals surface area contributed by atoms with Crippen molar-refractivity contribution < 1.29 is 18.4 Å². The number of carbonyl (C=O) groups is 2. The van der Waals surface area contributed by atoms with Gasteiger partial charge in [-0.15, -0.1) is 0 Å². The molecule has 17 heavy (non-hydrogen) atoms. The fraction of sp³-hybridized carbons (Fsp3) is 0.333. The second-order valence-corrected chi connectivity index (χ2v) is 4.21. The van der Waals surface area contributed by atoms with Crippen LogP contribution in [0.3, 0.4) is 0 Å². The van der Waals surface area contributed by atoms with Gasteiger partial charge >= 0.3 is 0 Å². The van der Waals surface area contributed by atoms with Gasteiger partial charge in [-0.25, -0.2) is 8.78 Å².